The van der Waals surface area contributed by atoms with E-state index in [1.165, 1.54) is 12.3 Å². The van der Waals surface area contributed by atoms with Crippen LogP contribution in [0.25, 0.3) is 0 Å². The number of hydrogen-bond donors (Lipinski definition) is 1. The molecular weight excluding hydrogens is 307 g/mol. The van der Waals surface area contributed by atoms with Crippen molar-refractivity contribution in [3.05, 3.63) is 23.9 Å². The molecule has 1 aliphatic heterocycles. The van der Waals surface area contributed by atoms with Crippen molar-refractivity contribution in [1.82, 2.24) is 4.98 Å². The van der Waals surface area contributed by atoms with Gasteiger partial charge in [0, 0.05) is 19.3 Å². The summed E-state index contributed by atoms with van der Waals surface area (Å²) in [5.41, 5.74) is -0.769. The average Bonchev–Trinajstić information content (AvgIpc) is 2.37. The van der Waals surface area contributed by atoms with Crippen LogP contribution in [-0.2, 0) is 16.2 Å². The lowest BCUT2D eigenvalue weighted by Crippen LogP contribution is -2.38. The van der Waals surface area contributed by atoms with Gasteiger partial charge in [0.05, 0.1) is 11.3 Å². The molecule has 0 aliphatic carbocycles. The largest absolute Gasteiger partial charge is 0.419 e. The maximum absolute atomic E-state index is 12.9. The van der Waals surface area contributed by atoms with Crippen LogP contribution in [0.15, 0.2) is 18.3 Å². The predicted molar refractivity (Wildman–Crippen MR) is 72.2 cm³/mol. The third-order valence-corrected chi connectivity index (χ3v) is 4.41. The van der Waals surface area contributed by atoms with Gasteiger partial charge in [0.15, 0.2) is 0 Å². The number of pyridine rings is 1. The molecule has 5 nitrogen and oxygen atoms in total. The molecule has 0 atom stereocenters. The highest BCUT2D eigenvalue weighted by molar-refractivity contribution is 7.89. The smallest absolute Gasteiger partial charge is 0.356 e. The Bertz CT molecular complexity index is 596. The third-order valence-electron chi connectivity index (χ3n) is 3.47. The first-order valence-electron chi connectivity index (χ1n) is 6.44. The number of rotatable bonds is 3. The summed E-state index contributed by atoms with van der Waals surface area (Å²) in [6.45, 7) is 0.667. The van der Waals surface area contributed by atoms with E-state index >= 15 is 0 Å². The quantitative estimate of drug-likeness (QED) is 0.917. The number of halogens is 3. The molecule has 0 aromatic carbocycles. The SMILES string of the molecule is NS(=O)(=O)CC1CCN(c2ncccc2C(F)(F)F)CC1. The van der Waals surface area contributed by atoms with Gasteiger partial charge in [-0.3, -0.25) is 0 Å². The van der Waals surface area contributed by atoms with E-state index in [1.807, 2.05) is 0 Å². The van der Waals surface area contributed by atoms with Gasteiger partial charge in [0.1, 0.15) is 5.82 Å². The summed E-state index contributed by atoms with van der Waals surface area (Å²) >= 11 is 0. The van der Waals surface area contributed by atoms with Crippen LogP contribution in [0.1, 0.15) is 18.4 Å². The van der Waals surface area contributed by atoms with Crippen molar-refractivity contribution in [2.45, 2.75) is 19.0 Å². The lowest BCUT2D eigenvalue weighted by atomic mass is 9.98. The van der Waals surface area contributed by atoms with Gasteiger partial charge >= 0.3 is 6.18 Å². The zero-order chi connectivity index (χ0) is 15.7. The van der Waals surface area contributed by atoms with Gasteiger partial charge in [-0.25, -0.2) is 18.5 Å². The van der Waals surface area contributed by atoms with E-state index in [9.17, 15) is 21.6 Å². The van der Waals surface area contributed by atoms with Crippen molar-refractivity contribution >= 4 is 15.8 Å². The fourth-order valence-corrected chi connectivity index (χ4v) is 3.50. The second-order valence-corrected chi connectivity index (χ2v) is 6.79. The fourth-order valence-electron chi connectivity index (χ4n) is 2.51. The monoisotopic (exact) mass is 323 g/mol. The van der Waals surface area contributed by atoms with Gasteiger partial charge in [-0.15, -0.1) is 0 Å². The molecule has 0 saturated carbocycles. The van der Waals surface area contributed by atoms with Crippen molar-refractivity contribution < 1.29 is 21.6 Å². The molecule has 1 aliphatic rings. The first-order valence-corrected chi connectivity index (χ1v) is 8.16. The van der Waals surface area contributed by atoms with E-state index in [4.69, 9.17) is 5.14 Å². The van der Waals surface area contributed by atoms with Crippen LogP contribution in [0.4, 0.5) is 19.0 Å². The number of piperidine rings is 1. The molecule has 0 unspecified atom stereocenters. The number of nitrogens with two attached hydrogens (primary N) is 1. The molecule has 1 aromatic rings. The first kappa shape index (κ1) is 16.0. The van der Waals surface area contributed by atoms with Gasteiger partial charge in [-0.05, 0) is 30.9 Å². The standard InChI is InChI=1S/C12H16F3N3O2S/c13-12(14,15)10-2-1-5-17-11(10)18-6-3-9(4-7-18)8-21(16,19)20/h1-2,5,9H,3-4,6-8H2,(H2,16,19,20). The molecule has 118 valence electrons. The first-order chi connectivity index (χ1) is 9.67. The Morgan fingerprint density at radius 3 is 2.48 bits per heavy atom. The predicted octanol–water partition coefficient (Wildman–Crippen LogP) is 1.61. The Morgan fingerprint density at radius 2 is 1.95 bits per heavy atom. The zero-order valence-corrected chi connectivity index (χ0v) is 12.0. The van der Waals surface area contributed by atoms with Crippen LogP contribution in [0.2, 0.25) is 0 Å². The summed E-state index contributed by atoms with van der Waals surface area (Å²) in [4.78, 5) is 5.38. The molecule has 0 amide bonds. The molecule has 2 heterocycles. The topological polar surface area (TPSA) is 76.3 Å². The molecule has 1 aromatic heterocycles. The molecule has 0 radical (unpaired) electrons. The molecule has 21 heavy (non-hydrogen) atoms. The van der Waals surface area contributed by atoms with Gasteiger partial charge in [-0.2, -0.15) is 13.2 Å². The van der Waals surface area contributed by atoms with Crippen molar-refractivity contribution in [2.24, 2.45) is 11.1 Å². The van der Waals surface area contributed by atoms with Crippen LogP contribution in [-0.4, -0.2) is 32.2 Å². The van der Waals surface area contributed by atoms with Crippen molar-refractivity contribution in [3.8, 4) is 0 Å². The van der Waals surface area contributed by atoms with E-state index in [0.717, 1.165) is 6.07 Å². The van der Waals surface area contributed by atoms with E-state index in [-0.39, 0.29) is 17.5 Å². The van der Waals surface area contributed by atoms with Gasteiger partial charge in [-0.1, -0.05) is 0 Å². The molecule has 1 saturated heterocycles. The molecular formula is C12H16F3N3O2S. The Labute approximate surface area is 121 Å². The lowest BCUT2D eigenvalue weighted by Gasteiger charge is -2.33. The molecule has 1 fully saturated rings. The number of aromatic nitrogens is 1. The van der Waals surface area contributed by atoms with E-state index < -0.39 is 21.8 Å². The summed E-state index contributed by atoms with van der Waals surface area (Å²) in [7, 11) is -3.55. The minimum Gasteiger partial charge on any atom is -0.356 e. The van der Waals surface area contributed by atoms with E-state index in [1.54, 1.807) is 4.90 Å². The van der Waals surface area contributed by atoms with Gasteiger partial charge < -0.3 is 4.90 Å². The van der Waals surface area contributed by atoms with Gasteiger partial charge in [0.2, 0.25) is 10.0 Å². The Hall–Kier alpha value is -1.35. The average molecular weight is 323 g/mol. The van der Waals surface area contributed by atoms with Crippen LogP contribution >= 0.6 is 0 Å². The number of hydrogen-bond acceptors (Lipinski definition) is 4. The Morgan fingerprint density at radius 1 is 1.33 bits per heavy atom. The normalized spacial score (nSPS) is 18.0. The molecule has 0 bridgehead atoms. The number of sulfonamides is 1. The minimum atomic E-state index is -4.46. The van der Waals surface area contributed by atoms with E-state index in [0.29, 0.717) is 25.9 Å². The highest BCUT2D eigenvalue weighted by atomic mass is 32.2. The van der Waals surface area contributed by atoms with Crippen molar-refractivity contribution in [2.75, 3.05) is 23.7 Å². The second kappa shape index (κ2) is 5.80. The zero-order valence-electron chi connectivity index (χ0n) is 11.2. The van der Waals surface area contributed by atoms with Crippen LogP contribution in [0.3, 0.4) is 0 Å². The molecule has 9 heteroatoms. The number of nitrogens with zero attached hydrogens (tertiary/aromatic N) is 2. The fraction of sp³-hybridized carbons (Fsp3) is 0.583. The number of anilines is 1. The van der Waals surface area contributed by atoms with E-state index in [2.05, 4.69) is 4.98 Å². The van der Waals surface area contributed by atoms with Gasteiger partial charge in [0.25, 0.3) is 0 Å². The summed E-state index contributed by atoms with van der Waals surface area (Å²) < 4.78 is 60.9. The Balaban J connectivity index is 2.10. The van der Waals surface area contributed by atoms with Crippen LogP contribution < -0.4 is 10.0 Å². The highest BCUT2D eigenvalue weighted by Gasteiger charge is 2.36. The highest BCUT2D eigenvalue weighted by Crippen LogP contribution is 2.36. The molecule has 2 rings (SSSR count). The number of alkyl halides is 3. The van der Waals surface area contributed by atoms with Crippen molar-refractivity contribution in [3.63, 3.8) is 0 Å². The molecule has 0 spiro atoms. The summed E-state index contributed by atoms with van der Waals surface area (Å²) in [6, 6.07) is 2.25. The number of primary sulfonamides is 1. The minimum absolute atomic E-state index is 0.0981. The molecule has 2 N–H and O–H groups in total. The summed E-state index contributed by atoms with van der Waals surface area (Å²) in [6.07, 6.45) is -2.18. The maximum Gasteiger partial charge on any atom is 0.419 e. The maximum atomic E-state index is 12.9. The summed E-state index contributed by atoms with van der Waals surface area (Å²) in [5.74, 6) is -0.344. The second-order valence-electron chi connectivity index (χ2n) is 5.13. The summed E-state index contributed by atoms with van der Waals surface area (Å²) in [5, 5.41) is 4.99. The van der Waals surface area contributed by atoms with Crippen LogP contribution in [0.5, 0.6) is 0 Å². The van der Waals surface area contributed by atoms with Crippen LogP contribution in [0, 0.1) is 5.92 Å². The lowest BCUT2D eigenvalue weighted by molar-refractivity contribution is -0.137. The van der Waals surface area contributed by atoms with Crippen molar-refractivity contribution in [1.29, 1.82) is 0 Å². The third kappa shape index (κ3) is 4.31. The Kier molecular flexibility index (Phi) is 4.43.